The predicted molar refractivity (Wildman–Crippen MR) is 124 cm³/mol. The van der Waals surface area contributed by atoms with Crippen LogP contribution < -0.4 is 4.90 Å². The molecule has 160 valence electrons. The highest BCUT2D eigenvalue weighted by Gasteiger charge is 2.14. The first kappa shape index (κ1) is 22.7. The van der Waals surface area contributed by atoms with Crippen LogP contribution in [0.15, 0.2) is 55.0 Å². The zero-order valence-corrected chi connectivity index (χ0v) is 18.9. The summed E-state index contributed by atoms with van der Waals surface area (Å²) in [5.41, 5.74) is 3.56. The molecule has 0 aliphatic rings. The fourth-order valence-corrected chi connectivity index (χ4v) is 3.68. The molecule has 31 heavy (non-hydrogen) atoms. The molecule has 2 aromatic carbocycles. The minimum absolute atomic E-state index is 0.00300. The highest BCUT2D eigenvalue weighted by molar-refractivity contribution is 6.35. The van der Waals surface area contributed by atoms with Gasteiger partial charge >= 0.3 is 0 Å². The molecule has 0 spiro atoms. The molecule has 0 aliphatic heterocycles. The quantitative estimate of drug-likeness (QED) is 0.509. The van der Waals surface area contributed by atoms with E-state index in [4.69, 9.17) is 28.5 Å². The Morgan fingerprint density at radius 1 is 1.13 bits per heavy atom. The molecular formula is C23H23Cl2N5O. The van der Waals surface area contributed by atoms with Crippen molar-refractivity contribution in [3.63, 3.8) is 0 Å². The van der Waals surface area contributed by atoms with Gasteiger partial charge in [0.2, 0.25) is 5.91 Å². The highest BCUT2D eigenvalue weighted by Crippen LogP contribution is 2.24. The molecule has 8 heteroatoms. The van der Waals surface area contributed by atoms with Gasteiger partial charge in [0.25, 0.3) is 0 Å². The molecule has 0 unspecified atom stereocenters. The monoisotopic (exact) mass is 455 g/mol. The number of nitriles is 1. The third-order valence-corrected chi connectivity index (χ3v) is 5.46. The average molecular weight is 456 g/mol. The Kier molecular flexibility index (Phi) is 7.56. The number of carbonyl (C=O) groups is 1. The number of hydrogen-bond donors (Lipinski definition) is 0. The lowest BCUT2D eigenvalue weighted by atomic mass is 10.1. The highest BCUT2D eigenvalue weighted by atomic mass is 35.5. The summed E-state index contributed by atoms with van der Waals surface area (Å²) in [4.78, 5) is 20.5. The van der Waals surface area contributed by atoms with Crippen LogP contribution in [0.25, 0.3) is 0 Å². The maximum atomic E-state index is 12.7. The zero-order chi connectivity index (χ0) is 22.4. The zero-order valence-electron chi connectivity index (χ0n) is 17.4. The van der Waals surface area contributed by atoms with Gasteiger partial charge in [-0.05, 0) is 35.9 Å². The first-order valence-electron chi connectivity index (χ1n) is 9.75. The van der Waals surface area contributed by atoms with E-state index >= 15 is 0 Å². The van der Waals surface area contributed by atoms with E-state index in [0.29, 0.717) is 35.1 Å². The number of halogens is 2. The van der Waals surface area contributed by atoms with Gasteiger partial charge in [-0.1, -0.05) is 35.3 Å². The number of hydrogen-bond acceptors (Lipinski definition) is 4. The first-order valence-corrected chi connectivity index (χ1v) is 10.5. The summed E-state index contributed by atoms with van der Waals surface area (Å²) >= 11 is 12.1. The summed E-state index contributed by atoms with van der Waals surface area (Å²) < 4.78 is 2.06. The number of likely N-dealkylation sites (N-methyl/N-ethyl adjacent to an activating group) is 2. The van der Waals surface area contributed by atoms with E-state index in [0.717, 1.165) is 16.9 Å². The van der Waals surface area contributed by atoms with E-state index in [-0.39, 0.29) is 12.5 Å². The lowest BCUT2D eigenvalue weighted by Gasteiger charge is -2.24. The van der Waals surface area contributed by atoms with Crippen LogP contribution in [0.3, 0.4) is 0 Å². The summed E-state index contributed by atoms with van der Waals surface area (Å²) in [6.07, 6.45) is 4.29. The third kappa shape index (κ3) is 6.24. The van der Waals surface area contributed by atoms with Crippen LogP contribution in [0.4, 0.5) is 5.69 Å². The standard InChI is InChI=1S/C23H23Cl2N5O/c1-28(23(31)15-29(2)22-10-19(24)9-20(25)11-22)8-7-21-13-27-16-30(21)14-18-5-3-17(12-26)4-6-18/h3-6,9-11,13,16H,7-8,14-15H2,1-2H3. The summed E-state index contributed by atoms with van der Waals surface area (Å²) in [5.74, 6) is -0.00300. The van der Waals surface area contributed by atoms with E-state index in [1.165, 1.54) is 0 Å². The maximum absolute atomic E-state index is 12.7. The van der Waals surface area contributed by atoms with Gasteiger partial charge in [0.1, 0.15) is 0 Å². The lowest BCUT2D eigenvalue weighted by Crippen LogP contribution is -2.37. The third-order valence-electron chi connectivity index (χ3n) is 5.02. The second kappa shape index (κ2) is 10.3. The first-order chi connectivity index (χ1) is 14.9. The van der Waals surface area contributed by atoms with Gasteiger partial charge in [0, 0.05) is 61.2 Å². The molecule has 0 N–H and O–H groups in total. The number of benzene rings is 2. The molecule has 1 heterocycles. The second-order valence-corrected chi connectivity index (χ2v) is 8.24. The molecular weight excluding hydrogens is 433 g/mol. The van der Waals surface area contributed by atoms with Crippen molar-refractivity contribution in [2.45, 2.75) is 13.0 Å². The number of imidazole rings is 1. The van der Waals surface area contributed by atoms with Crippen LogP contribution in [0.2, 0.25) is 10.0 Å². The van der Waals surface area contributed by atoms with Crippen molar-refractivity contribution in [1.82, 2.24) is 14.5 Å². The van der Waals surface area contributed by atoms with E-state index in [1.54, 1.807) is 36.5 Å². The Labute approximate surface area is 192 Å². The van der Waals surface area contributed by atoms with Crippen molar-refractivity contribution in [3.8, 4) is 6.07 Å². The Balaban J connectivity index is 1.55. The number of aromatic nitrogens is 2. The SMILES string of the molecule is CN(CCc1cncn1Cc1ccc(C#N)cc1)C(=O)CN(C)c1cc(Cl)cc(Cl)c1. The van der Waals surface area contributed by atoms with E-state index in [9.17, 15) is 4.79 Å². The van der Waals surface area contributed by atoms with Crippen molar-refractivity contribution in [3.05, 3.63) is 81.9 Å². The molecule has 0 fully saturated rings. The minimum atomic E-state index is -0.00300. The van der Waals surface area contributed by atoms with Crippen molar-refractivity contribution in [2.75, 3.05) is 32.1 Å². The van der Waals surface area contributed by atoms with Crippen LogP contribution in [0, 0.1) is 11.3 Å². The van der Waals surface area contributed by atoms with Crippen molar-refractivity contribution in [2.24, 2.45) is 0 Å². The number of amides is 1. The number of anilines is 1. The van der Waals surface area contributed by atoms with E-state index < -0.39 is 0 Å². The Hall–Kier alpha value is -3.01. The molecule has 0 saturated heterocycles. The smallest absolute Gasteiger partial charge is 0.241 e. The van der Waals surface area contributed by atoms with Crippen LogP contribution in [-0.2, 0) is 17.8 Å². The summed E-state index contributed by atoms with van der Waals surface area (Å²) in [6.45, 7) is 1.46. The number of carbonyl (C=O) groups excluding carboxylic acids is 1. The van der Waals surface area contributed by atoms with Gasteiger partial charge in [0.05, 0.1) is 24.5 Å². The van der Waals surface area contributed by atoms with Crippen LogP contribution in [-0.4, -0.2) is 47.5 Å². The molecule has 6 nitrogen and oxygen atoms in total. The van der Waals surface area contributed by atoms with Crippen molar-refractivity contribution < 1.29 is 4.79 Å². The van der Waals surface area contributed by atoms with Crippen molar-refractivity contribution in [1.29, 1.82) is 5.26 Å². The molecule has 0 saturated carbocycles. The largest absolute Gasteiger partial charge is 0.365 e. The Morgan fingerprint density at radius 2 is 1.81 bits per heavy atom. The molecule has 0 aliphatic carbocycles. The van der Waals surface area contributed by atoms with Gasteiger partial charge in [-0.25, -0.2) is 4.98 Å². The maximum Gasteiger partial charge on any atom is 0.241 e. The summed E-state index contributed by atoms with van der Waals surface area (Å²) in [7, 11) is 3.63. The minimum Gasteiger partial charge on any atom is -0.365 e. The van der Waals surface area contributed by atoms with Gasteiger partial charge < -0.3 is 14.4 Å². The van der Waals surface area contributed by atoms with E-state index in [2.05, 4.69) is 15.6 Å². The van der Waals surface area contributed by atoms with Gasteiger partial charge in [-0.15, -0.1) is 0 Å². The molecule has 0 bridgehead atoms. The lowest BCUT2D eigenvalue weighted by molar-refractivity contribution is -0.128. The van der Waals surface area contributed by atoms with Gasteiger partial charge in [0.15, 0.2) is 0 Å². The van der Waals surface area contributed by atoms with E-state index in [1.807, 2.05) is 42.4 Å². The Bertz CT molecular complexity index is 1070. The number of nitrogens with zero attached hydrogens (tertiary/aromatic N) is 5. The van der Waals surface area contributed by atoms with Crippen molar-refractivity contribution >= 4 is 34.8 Å². The predicted octanol–water partition coefficient (Wildman–Crippen LogP) is 4.25. The second-order valence-electron chi connectivity index (χ2n) is 7.37. The molecule has 3 rings (SSSR count). The molecule has 0 radical (unpaired) electrons. The van der Waals surface area contributed by atoms with Crippen LogP contribution in [0.5, 0.6) is 0 Å². The topological polar surface area (TPSA) is 65.2 Å². The van der Waals surface area contributed by atoms with Crippen LogP contribution in [0.1, 0.15) is 16.8 Å². The van der Waals surface area contributed by atoms with Gasteiger partial charge in [-0.2, -0.15) is 5.26 Å². The number of rotatable bonds is 8. The normalized spacial score (nSPS) is 10.5. The molecule has 1 amide bonds. The molecule has 0 atom stereocenters. The van der Waals surface area contributed by atoms with Gasteiger partial charge in [-0.3, -0.25) is 4.79 Å². The summed E-state index contributed by atoms with van der Waals surface area (Å²) in [5, 5.41) is 9.99. The average Bonchev–Trinajstić information content (AvgIpc) is 3.18. The fourth-order valence-electron chi connectivity index (χ4n) is 3.16. The summed E-state index contributed by atoms with van der Waals surface area (Å²) in [6, 6.07) is 14.8. The van der Waals surface area contributed by atoms with Crippen LogP contribution >= 0.6 is 23.2 Å². The Morgan fingerprint density at radius 3 is 2.45 bits per heavy atom. The molecule has 1 aromatic heterocycles. The molecule has 3 aromatic rings. The fraction of sp³-hybridized carbons (Fsp3) is 0.261.